The second-order valence-corrected chi connectivity index (χ2v) is 8.82. The minimum absolute atomic E-state index is 0.0670. The Morgan fingerprint density at radius 1 is 1.14 bits per heavy atom. The summed E-state index contributed by atoms with van der Waals surface area (Å²) in [5, 5.41) is 6.13. The summed E-state index contributed by atoms with van der Waals surface area (Å²) in [6.07, 6.45) is 12.2. The molecule has 2 N–H and O–H groups in total. The van der Waals surface area contributed by atoms with E-state index in [-0.39, 0.29) is 12.0 Å². The van der Waals surface area contributed by atoms with E-state index in [1.165, 1.54) is 12.8 Å². The van der Waals surface area contributed by atoms with Gasteiger partial charge in [-0.1, -0.05) is 12.2 Å². The Balaban J connectivity index is 1.31. The zero-order valence-electron chi connectivity index (χ0n) is 19.7. The lowest BCUT2D eigenvalue weighted by atomic mass is 10.1. The van der Waals surface area contributed by atoms with Crippen LogP contribution in [0.1, 0.15) is 36.5 Å². The molecule has 1 atom stereocenters. The Morgan fingerprint density at radius 2 is 2.03 bits per heavy atom. The number of hydrogen-bond donors (Lipinski definition) is 2. The molecule has 0 radical (unpaired) electrons. The van der Waals surface area contributed by atoms with Crippen LogP contribution < -0.4 is 20.1 Å². The normalized spacial score (nSPS) is 20.4. The molecule has 0 spiro atoms. The molecular formula is C26H29N5O4. The summed E-state index contributed by atoms with van der Waals surface area (Å²) in [6, 6.07) is 5.09. The maximum absolute atomic E-state index is 13.0. The fourth-order valence-electron chi connectivity index (χ4n) is 3.70. The molecule has 3 aliphatic rings. The molecule has 1 saturated heterocycles. The van der Waals surface area contributed by atoms with Gasteiger partial charge in [-0.15, -0.1) is 0 Å². The average Bonchev–Trinajstić information content (AvgIpc) is 3.58. The second-order valence-electron chi connectivity index (χ2n) is 8.82. The number of rotatable bonds is 8. The van der Waals surface area contributed by atoms with Crippen LogP contribution in [0.25, 0.3) is 0 Å². The molecule has 1 aromatic heterocycles. The van der Waals surface area contributed by atoms with Gasteiger partial charge in [-0.2, -0.15) is 0 Å². The molecule has 35 heavy (non-hydrogen) atoms. The van der Waals surface area contributed by atoms with Crippen molar-refractivity contribution in [2.24, 2.45) is 10.9 Å². The van der Waals surface area contributed by atoms with Gasteiger partial charge >= 0.3 is 0 Å². The number of aliphatic imine (C=N–C) groups is 1. The van der Waals surface area contributed by atoms with Crippen LogP contribution in [-0.4, -0.2) is 54.1 Å². The van der Waals surface area contributed by atoms with E-state index in [0.717, 1.165) is 24.5 Å². The number of benzene rings is 1. The van der Waals surface area contributed by atoms with Crippen LogP contribution in [0.4, 0.5) is 5.82 Å². The van der Waals surface area contributed by atoms with E-state index in [1.807, 2.05) is 19.1 Å². The molecule has 9 nitrogen and oxygen atoms in total. The molecule has 2 fully saturated rings. The summed E-state index contributed by atoms with van der Waals surface area (Å²) in [4.78, 5) is 26.2. The number of nitrogens with zero attached hydrogens (tertiary/aromatic N) is 3. The lowest BCUT2D eigenvalue weighted by molar-refractivity contribution is 0.0975. The number of hydrogen-bond acceptors (Lipinski definition) is 8. The monoisotopic (exact) mass is 475 g/mol. The summed E-state index contributed by atoms with van der Waals surface area (Å²) in [7, 11) is 0. The van der Waals surface area contributed by atoms with Gasteiger partial charge in [-0.25, -0.2) is 9.97 Å². The predicted molar refractivity (Wildman–Crippen MR) is 132 cm³/mol. The van der Waals surface area contributed by atoms with Crippen molar-refractivity contribution in [2.45, 2.75) is 32.3 Å². The van der Waals surface area contributed by atoms with Crippen molar-refractivity contribution in [1.29, 1.82) is 0 Å². The van der Waals surface area contributed by atoms with Gasteiger partial charge in [-0.3, -0.25) is 9.79 Å². The number of anilines is 1. The average molecular weight is 476 g/mol. The van der Waals surface area contributed by atoms with E-state index in [2.05, 4.69) is 25.6 Å². The van der Waals surface area contributed by atoms with E-state index in [4.69, 9.17) is 14.2 Å². The molecule has 1 aliphatic carbocycles. The first kappa shape index (κ1) is 23.0. The van der Waals surface area contributed by atoms with Crippen molar-refractivity contribution in [2.75, 3.05) is 31.6 Å². The fourth-order valence-corrected chi connectivity index (χ4v) is 3.70. The number of ether oxygens (including phenoxy) is 3. The summed E-state index contributed by atoms with van der Waals surface area (Å²) in [6.45, 7) is 4.58. The van der Waals surface area contributed by atoms with Crippen molar-refractivity contribution in [3.8, 4) is 17.4 Å². The topological polar surface area (TPSA) is 107 Å². The highest BCUT2D eigenvalue weighted by molar-refractivity contribution is 6.11. The number of aromatic nitrogens is 2. The van der Waals surface area contributed by atoms with Gasteiger partial charge in [0, 0.05) is 24.6 Å². The molecule has 1 saturated carbocycles. The first-order chi connectivity index (χ1) is 17.1. The molecule has 3 heterocycles. The zero-order chi connectivity index (χ0) is 24.0. The largest absolute Gasteiger partial charge is 0.488 e. The van der Waals surface area contributed by atoms with Crippen molar-refractivity contribution in [1.82, 2.24) is 15.3 Å². The molecule has 0 bridgehead atoms. The Hall–Kier alpha value is -3.72. The maximum atomic E-state index is 13.0. The number of amidine groups is 1. The van der Waals surface area contributed by atoms with Crippen LogP contribution in [0.3, 0.4) is 0 Å². The van der Waals surface area contributed by atoms with Gasteiger partial charge in [-0.05, 0) is 49.5 Å². The van der Waals surface area contributed by atoms with E-state index >= 15 is 0 Å². The summed E-state index contributed by atoms with van der Waals surface area (Å²) in [5.41, 5.74) is 1.49. The molecule has 2 aromatic rings. The Morgan fingerprint density at radius 3 is 2.71 bits per heavy atom. The third-order valence-corrected chi connectivity index (χ3v) is 5.95. The van der Waals surface area contributed by atoms with Crippen LogP contribution in [0.5, 0.6) is 17.4 Å². The SMILES string of the molecule is C/C=C1\C=CC(NC(=O)c2cc(Oc3cnc(NCC4CC4)cn3)cc(O[C@H]3CCOC3)c2)=NC1. The predicted octanol–water partition coefficient (Wildman–Crippen LogP) is 3.90. The number of nitrogens with one attached hydrogen (secondary N) is 2. The minimum atomic E-state index is -0.305. The van der Waals surface area contributed by atoms with Gasteiger partial charge in [0.2, 0.25) is 5.88 Å². The highest BCUT2D eigenvalue weighted by atomic mass is 16.5. The second kappa shape index (κ2) is 10.7. The first-order valence-corrected chi connectivity index (χ1v) is 12.0. The van der Waals surface area contributed by atoms with Crippen LogP contribution in [0.2, 0.25) is 0 Å². The Bertz CT molecular complexity index is 1150. The lowest BCUT2D eigenvalue weighted by Gasteiger charge is -2.15. The smallest absolute Gasteiger partial charge is 0.257 e. The highest BCUT2D eigenvalue weighted by Crippen LogP contribution is 2.30. The Kier molecular flexibility index (Phi) is 7.04. The molecule has 5 rings (SSSR count). The molecule has 1 aromatic carbocycles. The lowest BCUT2D eigenvalue weighted by Crippen LogP contribution is -2.30. The van der Waals surface area contributed by atoms with E-state index in [9.17, 15) is 4.79 Å². The van der Waals surface area contributed by atoms with Gasteiger partial charge in [0.15, 0.2) is 0 Å². The molecular weight excluding hydrogens is 446 g/mol. The number of carbonyl (C=O) groups is 1. The molecule has 182 valence electrons. The van der Waals surface area contributed by atoms with Gasteiger partial charge in [0.1, 0.15) is 29.3 Å². The zero-order valence-corrected chi connectivity index (χ0v) is 19.7. The third kappa shape index (κ3) is 6.45. The molecule has 2 aliphatic heterocycles. The molecule has 9 heteroatoms. The minimum Gasteiger partial charge on any atom is -0.488 e. The van der Waals surface area contributed by atoms with Crippen molar-refractivity contribution < 1.29 is 19.0 Å². The standard InChI is InChI=1S/C26H29N5O4/c1-2-17-5-6-23(27-12-17)31-26(32)19-9-21(34-20-7-8-33-16-20)11-22(10-19)35-25-15-29-24(14-30-25)28-13-18-3-4-18/h2,5-6,9-11,14-15,18,20H,3-4,7-8,12-13,16H2,1H3,(H,28,29)(H,27,31,32)/b17-2+/t20-/m0/s1. The summed E-state index contributed by atoms with van der Waals surface area (Å²) >= 11 is 0. The van der Waals surface area contributed by atoms with Crippen molar-refractivity contribution >= 4 is 17.6 Å². The third-order valence-electron chi connectivity index (χ3n) is 5.95. The molecule has 0 unspecified atom stereocenters. The van der Waals surface area contributed by atoms with E-state index in [1.54, 1.807) is 36.7 Å². The van der Waals surface area contributed by atoms with E-state index < -0.39 is 0 Å². The van der Waals surface area contributed by atoms with Crippen LogP contribution >= 0.6 is 0 Å². The maximum Gasteiger partial charge on any atom is 0.257 e. The van der Waals surface area contributed by atoms with Gasteiger partial charge in [0.25, 0.3) is 5.91 Å². The summed E-state index contributed by atoms with van der Waals surface area (Å²) in [5.74, 6) is 2.94. The van der Waals surface area contributed by atoms with Crippen LogP contribution in [-0.2, 0) is 4.74 Å². The molecule has 1 amide bonds. The van der Waals surface area contributed by atoms with Crippen molar-refractivity contribution in [3.63, 3.8) is 0 Å². The highest BCUT2D eigenvalue weighted by Gasteiger charge is 2.21. The number of amides is 1. The summed E-state index contributed by atoms with van der Waals surface area (Å²) < 4.78 is 17.4. The van der Waals surface area contributed by atoms with Gasteiger partial charge in [0.05, 0.1) is 32.2 Å². The first-order valence-electron chi connectivity index (χ1n) is 12.0. The van der Waals surface area contributed by atoms with E-state index in [0.29, 0.717) is 54.4 Å². The Labute approximate surface area is 204 Å². The number of dihydropyridines is 1. The number of allylic oxidation sites excluding steroid dienone is 1. The quantitative estimate of drug-likeness (QED) is 0.596. The number of carbonyl (C=O) groups excluding carboxylic acids is 1. The van der Waals surface area contributed by atoms with Crippen molar-refractivity contribution in [3.05, 3.63) is 60.0 Å². The fraction of sp³-hybridized carbons (Fsp3) is 0.385. The van der Waals surface area contributed by atoms with Gasteiger partial charge < -0.3 is 24.8 Å². The van der Waals surface area contributed by atoms with Crippen LogP contribution in [0, 0.1) is 5.92 Å². The van der Waals surface area contributed by atoms with Crippen LogP contribution in [0.15, 0.2) is 59.4 Å².